The molecule has 0 spiro atoms. The van der Waals surface area contributed by atoms with Crippen molar-refractivity contribution < 1.29 is 4.39 Å². The Balaban J connectivity index is 2.86. The van der Waals surface area contributed by atoms with Gasteiger partial charge >= 0.3 is 0 Å². The smallest absolute Gasteiger partial charge is 0.125 e. The number of nitrogens with zero attached hydrogens (tertiary/aromatic N) is 1. The Kier molecular flexibility index (Phi) is 2.47. The van der Waals surface area contributed by atoms with Crippen molar-refractivity contribution in [3.05, 3.63) is 37.0 Å². The molecule has 0 amide bonds. The first-order valence-electron chi connectivity index (χ1n) is 3.50. The maximum Gasteiger partial charge on any atom is 0.125 e. The zero-order valence-corrected chi connectivity index (χ0v) is 6.55. The molecule has 1 aromatic rings. The van der Waals surface area contributed by atoms with Crippen molar-refractivity contribution in [3.63, 3.8) is 0 Å². The summed E-state index contributed by atoms with van der Waals surface area (Å²) in [7, 11) is 1.88. The highest BCUT2D eigenvalue weighted by atomic mass is 19.1. The second-order valence-corrected chi connectivity index (χ2v) is 2.40. The Morgan fingerprint density at radius 3 is 2.82 bits per heavy atom. The minimum Gasteiger partial charge on any atom is -0.375 e. The van der Waals surface area contributed by atoms with Crippen molar-refractivity contribution in [2.75, 3.05) is 18.5 Å². The Morgan fingerprint density at radius 2 is 2.27 bits per heavy atom. The molecule has 0 unspecified atom stereocenters. The molecule has 0 aromatic heterocycles. The van der Waals surface area contributed by atoms with Crippen LogP contribution >= 0.6 is 0 Å². The molecular formula is C9H11FN. The molecule has 0 saturated heterocycles. The molecule has 0 fully saturated rings. The molecule has 1 nitrogen and oxygen atoms in total. The van der Waals surface area contributed by atoms with Gasteiger partial charge in [0, 0.05) is 19.3 Å². The first-order chi connectivity index (χ1) is 5.24. The molecule has 0 atom stereocenters. The number of anilines is 1. The number of hydrogen-bond acceptors (Lipinski definition) is 1. The largest absolute Gasteiger partial charge is 0.375 e. The molecule has 1 radical (unpaired) electrons. The Morgan fingerprint density at radius 1 is 1.55 bits per heavy atom. The summed E-state index contributed by atoms with van der Waals surface area (Å²) in [6.07, 6.45) is 0. The molecule has 59 valence electrons. The highest BCUT2D eigenvalue weighted by Gasteiger charge is 1.97. The van der Waals surface area contributed by atoms with E-state index in [1.165, 1.54) is 12.1 Å². The van der Waals surface area contributed by atoms with E-state index < -0.39 is 0 Å². The number of rotatable bonds is 2. The standard InChI is InChI=1S/C9H11FN/c1-3-11(2)9-6-4-5-8(10)7-9/h4-7H,1,3H2,2H3. The van der Waals surface area contributed by atoms with Gasteiger partial charge in [0.15, 0.2) is 0 Å². The van der Waals surface area contributed by atoms with Crippen LogP contribution in [0.3, 0.4) is 0 Å². The summed E-state index contributed by atoms with van der Waals surface area (Å²) < 4.78 is 12.6. The van der Waals surface area contributed by atoms with Crippen molar-refractivity contribution in [1.29, 1.82) is 0 Å². The van der Waals surface area contributed by atoms with Gasteiger partial charge in [0.2, 0.25) is 0 Å². The van der Waals surface area contributed by atoms with Gasteiger partial charge in [-0.05, 0) is 25.1 Å². The van der Waals surface area contributed by atoms with Gasteiger partial charge < -0.3 is 4.90 Å². The summed E-state index contributed by atoms with van der Waals surface area (Å²) in [5.41, 5.74) is 0.861. The first kappa shape index (κ1) is 8.05. The fourth-order valence-electron chi connectivity index (χ4n) is 0.843. The average molecular weight is 152 g/mol. The first-order valence-corrected chi connectivity index (χ1v) is 3.50. The van der Waals surface area contributed by atoms with Crippen LogP contribution in [0, 0.1) is 12.7 Å². The monoisotopic (exact) mass is 152 g/mol. The van der Waals surface area contributed by atoms with Gasteiger partial charge in [-0.2, -0.15) is 0 Å². The van der Waals surface area contributed by atoms with Gasteiger partial charge in [0.1, 0.15) is 5.82 Å². The van der Waals surface area contributed by atoms with Crippen molar-refractivity contribution >= 4 is 5.69 Å². The van der Waals surface area contributed by atoms with Crippen LogP contribution in [0.25, 0.3) is 0 Å². The molecule has 0 heterocycles. The molecule has 1 rings (SSSR count). The van der Waals surface area contributed by atoms with Crippen molar-refractivity contribution in [3.8, 4) is 0 Å². The highest BCUT2D eigenvalue weighted by Crippen LogP contribution is 2.12. The van der Waals surface area contributed by atoms with Crippen LogP contribution in [0.4, 0.5) is 10.1 Å². The minimum absolute atomic E-state index is 0.206. The van der Waals surface area contributed by atoms with Crippen LogP contribution in [0.2, 0.25) is 0 Å². The van der Waals surface area contributed by atoms with Gasteiger partial charge in [0.05, 0.1) is 0 Å². The number of halogens is 1. The van der Waals surface area contributed by atoms with Crippen LogP contribution in [0.15, 0.2) is 24.3 Å². The minimum atomic E-state index is -0.206. The molecule has 0 N–H and O–H groups in total. The highest BCUT2D eigenvalue weighted by molar-refractivity contribution is 5.45. The molecule has 11 heavy (non-hydrogen) atoms. The molecule has 0 aliphatic heterocycles. The zero-order chi connectivity index (χ0) is 8.27. The quantitative estimate of drug-likeness (QED) is 0.627. The number of benzene rings is 1. The third kappa shape index (κ3) is 1.93. The lowest BCUT2D eigenvalue weighted by molar-refractivity contribution is 0.627. The van der Waals surface area contributed by atoms with E-state index in [1.54, 1.807) is 6.07 Å². The zero-order valence-electron chi connectivity index (χ0n) is 6.55. The lowest BCUT2D eigenvalue weighted by atomic mass is 10.3. The van der Waals surface area contributed by atoms with Gasteiger partial charge in [-0.1, -0.05) is 6.07 Å². The fourth-order valence-corrected chi connectivity index (χ4v) is 0.843. The van der Waals surface area contributed by atoms with Crippen molar-refractivity contribution in [1.82, 2.24) is 0 Å². The van der Waals surface area contributed by atoms with E-state index in [-0.39, 0.29) is 5.82 Å². The van der Waals surface area contributed by atoms with E-state index in [0.717, 1.165) is 5.69 Å². The normalized spacial score (nSPS) is 9.73. The summed E-state index contributed by atoms with van der Waals surface area (Å²) in [4.78, 5) is 1.88. The van der Waals surface area contributed by atoms with Crippen molar-refractivity contribution in [2.45, 2.75) is 0 Å². The van der Waals surface area contributed by atoms with E-state index >= 15 is 0 Å². The summed E-state index contributed by atoms with van der Waals surface area (Å²) in [6.45, 7) is 4.34. The summed E-state index contributed by atoms with van der Waals surface area (Å²) >= 11 is 0. The van der Waals surface area contributed by atoms with Gasteiger partial charge in [-0.25, -0.2) is 4.39 Å². The predicted octanol–water partition coefficient (Wildman–Crippen LogP) is 2.10. The Hall–Kier alpha value is -1.05. The summed E-state index contributed by atoms with van der Waals surface area (Å²) in [5.74, 6) is -0.206. The summed E-state index contributed by atoms with van der Waals surface area (Å²) in [6, 6.07) is 6.47. The number of hydrogen-bond donors (Lipinski definition) is 0. The van der Waals surface area contributed by atoms with E-state index in [0.29, 0.717) is 6.54 Å². The SMILES string of the molecule is [CH2]CN(C)c1cccc(F)c1. The topological polar surface area (TPSA) is 3.24 Å². The van der Waals surface area contributed by atoms with Crippen LogP contribution in [0.5, 0.6) is 0 Å². The van der Waals surface area contributed by atoms with Crippen LogP contribution in [-0.4, -0.2) is 13.6 Å². The molecular weight excluding hydrogens is 141 g/mol. The van der Waals surface area contributed by atoms with Gasteiger partial charge in [-0.15, -0.1) is 0 Å². The van der Waals surface area contributed by atoms with Crippen LogP contribution < -0.4 is 4.90 Å². The molecule has 0 bridgehead atoms. The lowest BCUT2D eigenvalue weighted by Crippen LogP contribution is -2.15. The average Bonchev–Trinajstić information content (AvgIpc) is 2.03. The van der Waals surface area contributed by atoms with E-state index in [9.17, 15) is 4.39 Å². The second kappa shape index (κ2) is 3.37. The third-order valence-corrected chi connectivity index (χ3v) is 1.58. The molecule has 0 aliphatic rings. The van der Waals surface area contributed by atoms with Crippen molar-refractivity contribution in [2.24, 2.45) is 0 Å². The van der Waals surface area contributed by atoms with E-state index in [4.69, 9.17) is 0 Å². The molecule has 0 aliphatic carbocycles. The maximum atomic E-state index is 12.6. The van der Waals surface area contributed by atoms with E-state index in [1.807, 2.05) is 18.0 Å². The Labute approximate surface area is 66.5 Å². The maximum absolute atomic E-state index is 12.6. The van der Waals surface area contributed by atoms with E-state index in [2.05, 4.69) is 6.92 Å². The second-order valence-electron chi connectivity index (χ2n) is 2.40. The third-order valence-electron chi connectivity index (χ3n) is 1.58. The Bertz CT molecular complexity index is 235. The van der Waals surface area contributed by atoms with Crippen LogP contribution in [0.1, 0.15) is 0 Å². The fraction of sp³-hybridized carbons (Fsp3) is 0.222. The molecule has 0 saturated carbocycles. The van der Waals surface area contributed by atoms with Gasteiger partial charge in [0.25, 0.3) is 0 Å². The van der Waals surface area contributed by atoms with Crippen LogP contribution in [-0.2, 0) is 0 Å². The summed E-state index contributed by atoms with van der Waals surface area (Å²) in [5, 5.41) is 0. The molecule has 2 heteroatoms. The lowest BCUT2D eigenvalue weighted by Gasteiger charge is -2.15. The van der Waals surface area contributed by atoms with Gasteiger partial charge in [-0.3, -0.25) is 0 Å². The molecule has 1 aromatic carbocycles. The predicted molar refractivity (Wildman–Crippen MR) is 45.0 cm³/mol.